The molecule has 0 heterocycles. The molecule has 0 spiro atoms. The highest BCUT2D eigenvalue weighted by molar-refractivity contribution is 6.31. The van der Waals surface area contributed by atoms with Crippen molar-refractivity contribution in [1.82, 2.24) is 5.43 Å². The SMILES string of the molecule is O=C(O)C(=O)NN=Cc1ccccc1. The van der Waals surface area contributed by atoms with Gasteiger partial charge in [0.2, 0.25) is 0 Å². The molecule has 0 aromatic heterocycles. The van der Waals surface area contributed by atoms with Gasteiger partial charge in [-0.15, -0.1) is 0 Å². The van der Waals surface area contributed by atoms with Gasteiger partial charge in [-0.3, -0.25) is 4.79 Å². The van der Waals surface area contributed by atoms with E-state index in [2.05, 4.69) is 5.10 Å². The van der Waals surface area contributed by atoms with Gasteiger partial charge >= 0.3 is 11.9 Å². The summed E-state index contributed by atoms with van der Waals surface area (Å²) >= 11 is 0. The van der Waals surface area contributed by atoms with Gasteiger partial charge in [-0.25, -0.2) is 10.2 Å². The molecule has 5 nitrogen and oxygen atoms in total. The molecule has 1 amide bonds. The number of benzene rings is 1. The Hall–Kier alpha value is -2.17. The van der Waals surface area contributed by atoms with Crippen LogP contribution in [0.15, 0.2) is 35.4 Å². The van der Waals surface area contributed by atoms with Crippen molar-refractivity contribution in [1.29, 1.82) is 0 Å². The van der Waals surface area contributed by atoms with E-state index in [1.165, 1.54) is 6.21 Å². The van der Waals surface area contributed by atoms with Gasteiger partial charge in [0, 0.05) is 0 Å². The second-order valence-electron chi connectivity index (χ2n) is 2.41. The Labute approximate surface area is 80.1 Å². The standard InChI is InChI=1S/C9H8N2O3/c12-8(9(13)14)11-10-6-7-4-2-1-3-5-7/h1-6H,(H,11,12)(H,13,14). The zero-order valence-corrected chi connectivity index (χ0v) is 7.18. The molecule has 1 rings (SSSR count). The molecule has 0 unspecified atom stereocenters. The number of hydrazone groups is 1. The Balaban J connectivity index is 2.50. The Kier molecular flexibility index (Phi) is 3.37. The third-order valence-corrected chi connectivity index (χ3v) is 1.37. The Morgan fingerprint density at radius 3 is 2.50 bits per heavy atom. The maximum atomic E-state index is 10.5. The third kappa shape index (κ3) is 3.06. The maximum Gasteiger partial charge on any atom is 0.396 e. The molecule has 0 saturated heterocycles. The molecule has 0 aliphatic rings. The van der Waals surface area contributed by atoms with Crippen LogP contribution < -0.4 is 5.43 Å². The van der Waals surface area contributed by atoms with Crippen LogP contribution in [0, 0.1) is 0 Å². The fourth-order valence-electron chi connectivity index (χ4n) is 0.752. The molecule has 5 heteroatoms. The van der Waals surface area contributed by atoms with Crippen molar-refractivity contribution in [2.75, 3.05) is 0 Å². The Morgan fingerprint density at radius 1 is 1.29 bits per heavy atom. The van der Waals surface area contributed by atoms with Crippen molar-refractivity contribution in [2.45, 2.75) is 0 Å². The monoisotopic (exact) mass is 192 g/mol. The molecule has 0 aliphatic heterocycles. The molecule has 14 heavy (non-hydrogen) atoms. The second kappa shape index (κ2) is 4.76. The van der Waals surface area contributed by atoms with Crippen molar-refractivity contribution in [3.8, 4) is 0 Å². The van der Waals surface area contributed by atoms with Gasteiger partial charge < -0.3 is 5.11 Å². The number of amides is 1. The number of carboxylic acids is 1. The molecule has 0 bridgehead atoms. The number of nitrogens with one attached hydrogen (secondary N) is 1. The largest absolute Gasteiger partial charge is 0.474 e. The first-order valence-corrected chi connectivity index (χ1v) is 3.81. The number of aliphatic carboxylic acids is 1. The van der Waals surface area contributed by atoms with Gasteiger partial charge in [-0.1, -0.05) is 30.3 Å². The first-order chi connectivity index (χ1) is 6.70. The van der Waals surface area contributed by atoms with Gasteiger partial charge in [0.15, 0.2) is 0 Å². The number of nitrogens with zero attached hydrogens (tertiary/aromatic N) is 1. The minimum atomic E-state index is -1.56. The third-order valence-electron chi connectivity index (χ3n) is 1.37. The predicted molar refractivity (Wildman–Crippen MR) is 49.8 cm³/mol. The highest BCUT2D eigenvalue weighted by atomic mass is 16.4. The summed E-state index contributed by atoms with van der Waals surface area (Å²) in [7, 11) is 0. The highest BCUT2D eigenvalue weighted by Crippen LogP contribution is 1.92. The van der Waals surface area contributed by atoms with Gasteiger partial charge in [0.25, 0.3) is 0 Å². The molecular weight excluding hydrogens is 184 g/mol. The highest BCUT2D eigenvalue weighted by Gasteiger charge is 2.07. The number of rotatable bonds is 2. The van der Waals surface area contributed by atoms with E-state index in [0.717, 1.165) is 5.56 Å². The number of carboxylic acid groups (broad SMARTS) is 1. The number of hydrogen-bond acceptors (Lipinski definition) is 3. The quantitative estimate of drug-likeness (QED) is 0.399. The molecule has 0 atom stereocenters. The van der Waals surface area contributed by atoms with Crippen LogP contribution in [0.25, 0.3) is 0 Å². The van der Waals surface area contributed by atoms with E-state index < -0.39 is 11.9 Å². The van der Waals surface area contributed by atoms with E-state index in [4.69, 9.17) is 5.11 Å². The number of carbonyl (C=O) groups excluding carboxylic acids is 1. The lowest BCUT2D eigenvalue weighted by Crippen LogP contribution is -2.26. The summed E-state index contributed by atoms with van der Waals surface area (Å²) in [5.74, 6) is -2.72. The normalized spacial score (nSPS) is 10.0. The molecule has 1 aromatic rings. The lowest BCUT2D eigenvalue weighted by molar-refractivity contribution is -0.150. The maximum absolute atomic E-state index is 10.5. The van der Waals surface area contributed by atoms with E-state index in [-0.39, 0.29) is 0 Å². The summed E-state index contributed by atoms with van der Waals surface area (Å²) in [6.45, 7) is 0. The average molecular weight is 192 g/mol. The van der Waals surface area contributed by atoms with E-state index in [1.54, 1.807) is 24.3 Å². The van der Waals surface area contributed by atoms with E-state index in [9.17, 15) is 9.59 Å². The molecule has 2 N–H and O–H groups in total. The van der Waals surface area contributed by atoms with Gasteiger partial charge in [0.05, 0.1) is 6.21 Å². The zero-order chi connectivity index (χ0) is 10.4. The number of hydrogen-bond donors (Lipinski definition) is 2. The van der Waals surface area contributed by atoms with Crippen LogP contribution in [0.1, 0.15) is 5.56 Å². The van der Waals surface area contributed by atoms with Gasteiger partial charge in [-0.2, -0.15) is 5.10 Å². The van der Waals surface area contributed by atoms with Gasteiger partial charge in [-0.05, 0) is 5.56 Å². The first-order valence-electron chi connectivity index (χ1n) is 3.81. The fourth-order valence-corrected chi connectivity index (χ4v) is 0.752. The van der Waals surface area contributed by atoms with Crippen LogP contribution in [-0.4, -0.2) is 23.2 Å². The molecule has 0 saturated carbocycles. The lowest BCUT2D eigenvalue weighted by atomic mass is 10.2. The number of carbonyl (C=O) groups is 2. The molecule has 0 radical (unpaired) electrons. The van der Waals surface area contributed by atoms with E-state index in [1.807, 2.05) is 11.5 Å². The van der Waals surface area contributed by atoms with Crippen molar-refractivity contribution in [2.24, 2.45) is 5.10 Å². The van der Waals surface area contributed by atoms with E-state index in [0.29, 0.717) is 0 Å². The summed E-state index contributed by atoms with van der Waals surface area (Å²) in [5, 5.41) is 11.7. The summed E-state index contributed by atoms with van der Waals surface area (Å²) in [6, 6.07) is 9.00. The van der Waals surface area contributed by atoms with Crippen molar-refractivity contribution < 1.29 is 14.7 Å². The Morgan fingerprint density at radius 2 is 1.93 bits per heavy atom. The Bertz CT molecular complexity index is 360. The molecule has 0 aliphatic carbocycles. The van der Waals surface area contributed by atoms with Crippen molar-refractivity contribution in [3.05, 3.63) is 35.9 Å². The molecule has 0 fully saturated rings. The van der Waals surface area contributed by atoms with Crippen molar-refractivity contribution in [3.63, 3.8) is 0 Å². The molecular formula is C9H8N2O3. The average Bonchev–Trinajstić information content (AvgIpc) is 2.19. The first kappa shape index (κ1) is 9.91. The summed E-state index contributed by atoms with van der Waals surface area (Å²) in [6.07, 6.45) is 1.36. The van der Waals surface area contributed by atoms with E-state index >= 15 is 0 Å². The van der Waals surface area contributed by atoms with Crippen LogP contribution in [0.4, 0.5) is 0 Å². The topological polar surface area (TPSA) is 78.8 Å². The lowest BCUT2D eigenvalue weighted by Gasteiger charge is -1.92. The molecule has 72 valence electrons. The van der Waals surface area contributed by atoms with Crippen LogP contribution in [-0.2, 0) is 9.59 Å². The summed E-state index contributed by atoms with van der Waals surface area (Å²) < 4.78 is 0. The predicted octanol–water partition coefficient (Wildman–Crippen LogP) is 0.221. The zero-order valence-electron chi connectivity index (χ0n) is 7.18. The molecule has 1 aromatic carbocycles. The summed E-state index contributed by atoms with van der Waals surface area (Å²) in [4.78, 5) is 20.6. The van der Waals surface area contributed by atoms with Crippen LogP contribution in [0.3, 0.4) is 0 Å². The van der Waals surface area contributed by atoms with Gasteiger partial charge in [0.1, 0.15) is 0 Å². The van der Waals surface area contributed by atoms with Crippen LogP contribution in [0.2, 0.25) is 0 Å². The summed E-state index contributed by atoms with van der Waals surface area (Å²) in [5.41, 5.74) is 2.64. The fraction of sp³-hybridized carbons (Fsp3) is 0. The van der Waals surface area contributed by atoms with Crippen LogP contribution in [0.5, 0.6) is 0 Å². The second-order valence-corrected chi connectivity index (χ2v) is 2.41. The minimum Gasteiger partial charge on any atom is -0.474 e. The van der Waals surface area contributed by atoms with Crippen molar-refractivity contribution >= 4 is 18.1 Å². The smallest absolute Gasteiger partial charge is 0.396 e. The minimum absolute atomic E-state index is 0.776. The van der Waals surface area contributed by atoms with Crippen LogP contribution >= 0.6 is 0 Å².